The van der Waals surface area contributed by atoms with Gasteiger partial charge in [-0.1, -0.05) is 44.2 Å². The molecule has 6 nitrogen and oxygen atoms in total. The monoisotopic (exact) mass is 425 g/mol. The highest BCUT2D eigenvalue weighted by atomic mass is 35.5. The fourth-order valence-corrected chi connectivity index (χ4v) is 3.75. The fraction of sp³-hybridized carbons (Fsp3) is 0.571. The molecule has 0 unspecified atom stereocenters. The minimum Gasteiger partial charge on any atom is -0.354 e. The summed E-state index contributed by atoms with van der Waals surface area (Å²) < 4.78 is 13.1. The number of unbranched alkanes of at least 4 members (excludes halogenated alkanes) is 1. The Bertz CT molecular complexity index is 736. The molecule has 0 atom stereocenters. The first-order valence-corrected chi connectivity index (χ1v) is 10.6. The van der Waals surface area contributed by atoms with Crippen molar-refractivity contribution in [2.45, 2.75) is 63.8 Å². The predicted octanol–water partition coefficient (Wildman–Crippen LogP) is 3.33. The molecule has 1 aliphatic rings. The zero-order valence-electron chi connectivity index (χ0n) is 16.8. The number of hydrogen-bond acceptors (Lipinski definition) is 3. The van der Waals surface area contributed by atoms with Crippen molar-refractivity contribution in [1.82, 2.24) is 16.0 Å². The number of rotatable bonds is 9. The zero-order valence-corrected chi connectivity index (χ0v) is 17.5. The molecule has 0 heterocycles. The molecule has 8 heteroatoms. The van der Waals surface area contributed by atoms with Crippen molar-refractivity contribution < 1.29 is 18.8 Å². The van der Waals surface area contributed by atoms with Crippen LogP contribution in [0.1, 0.15) is 68.6 Å². The lowest BCUT2D eigenvalue weighted by molar-refractivity contribution is -0.135. The maximum absolute atomic E-state index is 13.1. The van der Waals surface area contributed by atoms with E-state index in [4.69, 9.17) is 11.6 Å². The molecule has 1 saturated carbocycles. The Morgan fingerprint density at radius 1 is 1.10 bits per heavy atom. The third-order valence-corrected chi connectivity index (χ3v) is 5.46. The molecule has 0 bridgehead atoms. The lowest BCUT2D eigenvalue weighted by Gasteiger charge is -2.36. The summed E-state index contributed by atoms with van der Waals surface area (Å²) in [6, 6.07) is 3.51. The van der Waals surface area contributed by atoms with Crippen LogP contribution < -0.4 is 16.0 Å². The lowest BCUT2D eigenvalue weighted by atomic mass is 9.80. The van der Waals surface area contributed by atoms with Crippen molar-refractivity contribution in [1.29, 1.82) is 0 Å². The summed E-state index contributed by atoms with van der Waals surface area (Å²) in [5.41, 5.74) is -0.722. The van der Waals surface area contributed by atoms with E-state index in [2.05, 4.69) is 22.9 Å². The smallest absolute Gasteiger partial charge is 0.252 e. The number of hydrogen-bond donors (Lipinski definition) is 3. The largest absolute Gasteiger partial charge is 0.354 e. The Morgan fingerprint density at radius 2 is 1.83 bits per heavy atom. The van der Waals surface area contributed by atoms with E-state index in [-0.39, 0.29) is 35.4 Å². The molecule has 29 heavy (non-hydrogen) atoms. The van der Waals surface area contributed by atoms with Crippen LogP contribution in [0.15, 0.2) is 18.2 Å². The first-order chi connectivity index (χ1) is 13.9. The van der Waals surface area contributed by atoms with Crippen LogP contribution >= 0.6 is 11.6 Å². The van der Waals surface area contributed by atoms with Gasteiger partial charge in [0.15, 0.2) is 0 Å². The van der Waals surface area contributed by atoms with Crippen LogP contribution in [0.2, 0.25) is 5.02 Å². The topological polar surface area (TPSA) is 87.3 Å². The molecule has 0 radical (unpaired) electrons. The molecule has 0 spiro atoms. The van der Waals surface area contributed by atoms with E-state index in [1.54, 1.807) is 0 Å². The van der Waals surface area contributed by atoms with Gasteiger partial charge in [0, 0.05) is 19.5 Å². The summed E-state index contributed by atoms with van der Waals surface area (Å²) in [5.74, 6) is -1.42. The average Bonchev–Trinajstić information content (AvgIpc) is 2.68. The number of carbonyl (C=O) groups is 3. The van der Waals surface area contributed by atoms with Crippen molar-refractivity contribution in [2.75, 3.05) is 13.1 Å². The third kappa shape index (κ3) is 6.70. The van der Waals surface area contributed by atoms with Crippen LogP contribution in [0.25, 0.3) is 0 Å². The van der Waals surface area contributed by atoms with Gasteiger partial charge in [0.2, 0.25) is 11.8 Å². The summed E-state index contributed by atoms with van der Waals surface area (Å²) in [6.07, 6.45) is 5.99. The maximum Gasteiger partial charge on any atom is 0.252 e. The minimum atomic E-state index is -0.868. The van der Waals surface area contributed by atoms with E-state index in [1.165, 1.54) is 6.07 Å². The van der Waals surface area contributed by atoms with Gasteiger partial charge in [0.25, 0.3) is 5.91 Å². The normalized spacial score (nSPS) is 15.4. The van der Waals surface area contributed by atoms with Crippen LogP contribution in [0.4, 0.5) is 4.39 Å². The van der Waals surface area contributed by atoms with Gasteiger partial charge < -0.3 is 16.0 Å². The second-order valence-corrected chi connectivity index (χ2v) is 7.84. The Balaban J connectivity index is 1.87. The number of amides is 3. The van der Waals surface area contributed by atoms with Crippen molar-refractivity contribution >= 4 is 29.3 Å². The summed E-state index contributed by atoms with van der Waals surface area (Å²) >= 11 is 5.88. The Kier molecular flexibility index (Phi) is 8.89. The van der Waals surface area contributed by atoms with E-state index in [0.29, 0.717) is 19.4 Å². The molecule has 1 aliphatic carbocycles. The number of benzene rings is 1. The Hall–Kier alpha value is -2.15. The van der Waals surface area contributed by atoms with E-state index < -0.39 is 17.3 Å². The number of carbonyl (C=O) groups excluding carboxylic acids is 3. The molecule has 3 N–H and O–H groups in total. The second kappa shape index (κ2) is 11.1. The SMILES string of the molecule is CCCCNC(=O)C1(NC(=O)CCNC(=O)c2ccc(F)cc2Cl)CCCCC1. The first-order valence-electron chi connectivity index (χ1n) is 10.2. The molecule has 0 aromatic heterocycles. The van der Waals surface area contributed by atoms with Crippen molar-refractivity contribution in [3.8, 4) is 0 Å². The van der Waals surface area contributed by atoms with Gasteiger partial charge in [-0.25, -0.2) is 4.39 Å². The van der Waals surface area contributed by atoms with E-state index in [1.807, 2.05) is 0 Å². The highest BCUT2D eigenvalue weighted by Crippen LogP contribution is 2.28. The molecule has 2 rings (SSSR count). The molecule has 1 fully saturated rings. The first kappa shape index (κ1) is 23.1. The molecular weight excluding hydrogens is 397 g/mol. The highest BCUT2D eigenvalue weighted by Gasteiger charge is 2.40. The summed E-state index contributed by atoms with van der Waals surface area (Å²) in [5, 5.41) is 8.47. The van der Waals surface area contributed by atoms with Gasteiger partial charge in [0.1, 0.15) is 11.4 Å². The van der Waals surface area contributed by atoms with Crippen LogP contribution in [0.5, 0.6) is 0 Å². The maximum atomic E-state index is 13.1. The second-order valence-electron chi connectivity index (χ2n) is 7.43. The van der Waals surface area contributed by atoms with Gasteiger partial charge in [-0.2, -0.15) is 0 Å². The standard InChI is InChI=1S/C21H29ClFN3O3/c1-2-3-12-25-20(29)21(10-5-4-6-11-21)26-18(27)9-13-24-19(28)16-8-7-15(23)14-17(16)22/h7-8,14H,2-6,9-13H2,1H3,(H,24,28)(H,25,29)(H,26,27). The van der Waals surface area contributed by atoms with E-state index >= 15 is 0 Å². The highest BCUT2D eigenvalue weighted by molar-refractivity contribution is 6.33. The van der Waals surface area contributed by atoms with Gasteiger partial charge in [-0.3, -0.25) is 14.4 Å². The summed E-state index contributed by atoms with van der Waals surface area (Å²) in [7, 11) is 0. The molecule has 0 aliphatic heterocycles. The number of nitrogens with one attached hydrogen (secondary N) is 3. The molecule has 3 amide bonds. The van der Waals surface area contributed by atoms with Crippen LogP contribution in [0.3, 0.4) is 0 Å². The fourth-order valence-electron chi connectivity index (χ4n) is 3.50. The molecule has 0 saturated heterocycles. The molecular formula is C21H29ClFN3O3. The van der Waals surface area contributed by atoms with Crippen molar-refractivity contribution in [2.24, 2.45) is 0 Å². The Labute approximate surface area is 176 Å². The zero-order chi connectivity index (χ0) is 21.3. The Morgan fingerprint density at radius 3 is 2.48 bits per heavy atom. The van der Waals surface area contributed by atoms with E-state index in [0.717, 1.165) is 44.2 Å². The summed E-state index contributed by atoms with van der Waals surface area (Å²) in [4.78, 5) is 37.3. The molecule has 160 valence electrons. The molecule has 1 aromatic rings. The van der Waals surface area contributed by atoms with Gasteiger partial charge in [-0.05, 0) is 37.5 Å². The predicted molar refractivity (Wildman–Crippen MR) is 110 cm³/mol. The minimum absolute atomic E-state index is 0.0110. The van der Waals surface area contributed by atoms with Crippen LogP contribution in [-0.4, -0.2) is 36.3 Å². The summed E-state index contributed by atoms with van der Waals surface area (Å²) in [6.45, 7) is 2.74. The van der Waals surface area contributed by atoms with Gasteiger partial charge >= 0.3 is 0 Å². The number of halogens is 2. The van der Waals surface area contributed by atoms with Crippen LogP contribution in [-0.2, 0) is 9.59 Å². The van der Waals surface area contributed by atoms with Crippen molar-refractivity contribution in [3.05, 3.63) is 34.6 Å². The van der Waals surface area contributed by atoms with E-state index in [9.17, 15) is 18.8 Å². The third-order valence-electron chi connectivity index (χ3n) is 5.15. The molecule has 1 aromatic carbocycles. The van der Waals surface area contributed by atoms with Gasteiger partial charge in [-0.15, -0.1) is 0 Å². The van der Waals surface area contributed by atoms with Crippen molar-refractivity contribution in [3.63, 3.8) is 0 Å². The van der Waals surface area contributed by atoms with Gasteiger partial charge in [0.05, 0.1) is 10.6 Å². The average molecular weight is 426 g/mol. The van der Waals surface area contributed by atoms with Crippen LogP contribution in [0, 0.1) is 5.82 Å². The lowest BCUT2D eigenvalue weighted by Crippen LogP contribution is -2.60. The quantitative estimate of drug-likeness (QED) is 0.530.